The fourth-order valence-electron chi connectivity index (χ4n) is 2.96. The zero-order valence-corrected chi connectivity index (χ0v) is 17.8. The van der Waals surface area contributed by atoms with Crippen molar-refractivity contribution in [1.29, 1.82) is 0 Å². The quantitative estimate of drug-likeness (QED) is 0.297. The summed E-state index contributed by atoms with van der Waals surface area (Å²) in [4.78, 5) is 35.7. The molecular formula is C23H21N3O4S. The van der Waals surface area contributed by atoms with Gasteiger partial charge in [0.25, 0.3) is 5.69 Å². The third-order valence-electron chi connectivity index (χ3n) is 4.45. The van der Waals surface area contributed by atoms with E-state index in [9.17, 15) is 19.7 Å². The summed E-state index contributed by atoms with van der Waals surface area (Å²) in [5, 5.41) is 16.0. The van der Waals surface area contributed by atoms with Gasteiger partial charge in [0.1, 0.15) is 5.25 Å². The molecule has 0 saturated heterocycles. The van der Waals surface area contributed by atoms with E-state index in [0.717, 1.165) is 10.5 Å². The minimum Gasteiger partial charge on any atom is -0.326 e. The van der Waals surface area contributed by atoms with E-state index in [0.29, 0.717) is 16.9 Å². The molecule has 0 radical (unpaired) electrons. The summed E-state index contributed by atoms with van der Waals surface area (Å²) >= 11 is 1.38. The predicted octanol–water partition coefficient (Wildman–Crippen LogP) is 5.33. The van der Waals surface area contributed by atoms with Crippen LogP contribution in [0.1, 0.15) is 23.3 Å². The number of anilines is 2. The number of nitro benzene ring substituents is 1. The van der Waals surface area contributed by atoms with Crippen LogP contribution in [0.4, 0.5) is 17.1 Å². The standard InChI is InChI=1S/C23H21N3O4S/c1-15-14-19(26(29)30)10-13-21(15)25-23(28)22(17-6-4-3-5-7-17)31-20-11-8-18(9-12-20)24-16(2)27/h3-14,22H,1-2H3,(H,24,27)(H,25,28). The number of carbonyl (C=O) groups is 2. The molecule has 0 spiro atoms. The van der Waals surface area contributed by atoms with E-state index in [1.54, 1.807) is 25.1 Å². The number of hydrogen-bond donors (Lipinski definition) is 2. The Morgan fingerprint density at radius 3 is 2.23 bits per heavy atom. The molecule has 0 bridgehead atoms. The number of thioether (sulfide) groups is 1. The molecule has 0 fully saturated rings. The second kappa shape index (κ2) is 9.90. The van der Waals surface area contributed by atoms with E-state index in [-0.39, 0.29) is 17.5 Å². The third kappa shape index (κ3) is 5.93. The Labute approximate surface area is 184 Å². The van der Waals surface area contributed by atoms with Crippen LogP contribution in [0.15, 0.2) is 77.7 Å². The van der Waals surface area contributed by atoms with Crippen LogP contribution in [0, 0.1) is 17.0 Å². The molecule has 0 aromatic heterocycles. The minimum atomic E-state index is -0.539. The van der Waals surface area contributed by atoms with Gasteiger partial charge in [0.2, 0.25) is 11.8 Å². The third-order valence-corrected chi connectivity index (χ3v) is 5.71. The Bertz CT molecular complexity index is 1100. The normalized spacial score (nSPS) is 11.4. The molecule has 158 valence electrons. The van der Waals surface area contributed by atoms with Gasteiger partial charge in [0.05, 0.1) is 4.92 Å². The van der Waals surface area contributed by atoms with Crippen LogP contribution >= 0.6 is 11.8 Å². The second-order valence-corrected chi connectivity index (χ2v) is 8.04. The van der Waals surface area contributed by atoms with Gasteiger partial charge in [0.15, 0.2) is 0 Å². The highest BCUT2D eigenvalue weighted by Crippen LogP contribution is 2.37. The average molecular weight is 436 g/mol. The van der Waals surface area contributed by atoms with Crippen LogP contribution in [-0.2, 0) is 9.59 Å². The van der Waals surface area contributed by atoms with Crippen LogP contribution in [0.5, 0.6) is 0 Å². The average Bonchev–Trinajstić information content (AvgIpc) is 2.74. The van der Waals surface area contributed by atoms with Crippen molar-refractivity contribution in [2.45, 2.75) is 24.0 Å². The van der Waals surface area contributed by atoms with Gasteiger partial charge in [0, 0.05) is 35.3 Å². The van der Waals surface area contributed by atoms with Crippen LogP contribution < -0.4 is 10.6 Å². The molecule has 3 rings (SSSR count). The molecule has 0 saturated carbocycles. The number of amides is 2. The topological polar surface area (TPSA) is 101 Å². The van der Waals surface area contributed by atoms with Gasteiger partial charge < -0.3 is 10.6 Å². The van der Waals surface area contributed by atoms with Gasteiger partial charge in [-0.3, -0.25) is 19.7 Å². The highest BCUT2D eigenvalue weighted by molar-refractivity contribution is 8.00. The number of aryl methyl sites for hydroxylation is 1. The minimum absolute atomic E-state index is 0.0243. The van der Waals surface area contributed by atoms with Crippen LogP contribution in [0.25, 0.3) is 0 Å². The molecule has 3 aromatic carbocycles. The molecular weight excluding hydrogens is 414 g/mol. The summed E-state index contributed by atoms with van der Waals surface area (Å²) in [6, 6.07) is 21.0. The molecule has 2 N–H and O–H groups in total. The smallest absolute Gasteiger partial charge is 0.269 e. The maximum Gasteiger partial charge on any atom is 0.269 e. The maximum absolute atomic E-state index is 13.2. The lowest BCUT2D eigenvalue weighted by molar-refractivity contribution is -0.384. The lowest BCUT2D eigenvalue weighted by atomic mass is 10.1. The molecule has 31 heavy (non-hydrogen) atoms. The number of non-ortho nitro benzene ring substituents is 1. The largest absolute Gasteiger partial charge is 0.326 e. The van der Waals surface area contributed by atoms with Crippen LogP contribution in [0.3, 0.4) is 0 Å². The summed E-state index contributed by atoms with van der Waals surface area (Å²) < 4.78 is 0. The van der Waals surface area contributed by atoms with Gasteiger partial charge in [-0.1, -0.05) is 30.3 Å². The summed E-state index contributed by atoms with van der Waals surface area (Å²) in [5.41, 5.74) is 2.62. The Morgan fingerprint density at radius 1 is 0.968 bits per heavy atom. The van der Waals surface area contributed by atoms with Gasteiger partial charge >= 0.3 is 0 Å². The van der Waals surface area contributed by atoms with Crippen molar-refractivity contribution in [3.05, 3.63) is 94.0 Å². The van der Waals surface area contributed by atoms with Crippen molar-refractivity contribution in [2.24, 2.45) is 0 Å². The fraction of sp³-hybridized carbons (Fsp3) is 0.130. The van der Waals surface area contributed by atoms with E-state index < -0.39 is 10.2 Å². The lowest BCUT2D eigenvalue weighted by Crippen LogP contribution is -2.19. The van der Waals surface area contributed by atoms with Crippen molar-refractivity contribution in [1.82, 2.24) is 0 Å². The van der Waals surface area contributed by atoms with Crippen molar-refractivity contribution in [3.8, 4) is 0 Å². The van der Waals surface area contributed by atoms with Crippen LogP contribution in [-0.4, -0.2) is 16.7 Å². The number of nitrogens with zero attached hydrogens (tertiary/aromatic N) is 1. The van der Waals surface area contributed by atoms with Gasteiger partial charge in [-0.15, -0.1) is 11.8 Å². The van der Waals surface area contributed by atoms with Crippen molar-refractivity contribution >= 4 is 40.6 Å². The van der Waals surface area contributed by atoms with E-state index >= 15 is 0 Å². The maximum atomic E-state index is 13.2. The van der Waals surface area contributed by atoms with Gasteiger partial charge in [-0.2, -0.15) is 0 Å². The molecule has 1 atom stereocenters. The number of nitro groups is 1. The second-order valence-electron chi connectivity index (χ2n) is 6.86. The van der Waals surface area contributed by atoms with Gasteiger partial charge in [-0.05, 0) is 48.4 Å². The van der Waals surface area contributed by atoms with Crippen LogP contribution in [0.2, 0.25) is 0 Å². The molecule has 1 unspecified atom stereocenters. The predicted molar refractivity (Wildman–Crippen MR) is 122 cm³/mol. The molecule has 0 heterocycles. The molecule has 7 nitrogen and oxygen atoms in total. The van der Waals surface area contributed by atoms with E-state index in [1.807, 2.05) is 42.5 Å². The number of benzene rings is 3. The number of hydrogen-bond acceptors (Lipinski definition) is 5. The van der Waals surface area contributed by atoms with Gasteiger partial charge in [-0.25, -0.2) is 0 Å². The zero-order chi connectivity index (χ0) is 22.4. The first-order chi connectivity index (χ1) is 14.8. The SMILES string of the molecule is CC(=O)Nc1ccc(SC(C(=O)Nc2ccc([N+](=O)[O-])cc2C)c2ccccc2)cc1. The monoisotopic (exact) mass is 435 g/mol. The van der Waals surface area contributed by atoms with Crippen molar-refractivity contribution in [3.63, 3.8) is 0 Å². The molecule has 0 aliphatic carbocycles. The zero-order valence-electron chi connectivity index (χ0n) is 17.0. The molecule has 0 aliphatic rings. The van der Waals surface area contributed by atoms with E-state index in [1.165, 1.54) is 30.8 Å². The first-order valence-electron chi connectivity index (χ1n) is 9.48. The summed E-state index contributed by atoms with van der Waals surface area (Å²) in [7, 11) is 0. The first-order valence-corrected chi connectivity index (χ1v) is 10.4. The van der Waals surface area contributed by atoms with E-state index in [2.05, 4.69) is 10.6 Å². The van der Waals surface area contributed by atoms with Crippen molar-refractivity contribution < 1.29 is 14.5 Å². The number of carbonyl (C=O) groups excluding carboxylic acids is 2. The number of nitrogens with one attached hydrogen (secondary N) is 2. The first kappa shape index (κ1) is 22.0. The van der Waals surface area contributed by atoms with Crippen molar-refractivity contribution in [2.75, 3.05) is 10.6 Å². The van der Waals surface area contributed by atoms with E-state index in [4.69, 9.17) is 0 Å². The molecule has 0 aliphatic heterocycles. The Kier molecular flexibility index (Phi) is 7.04. The summed E-state index contributed by atoms with van der Waals surface area (Å²) in [6.45, 7) is 3.16. The molecule has 3 aromatic rings. The Balaban J connectivity index is 1.83. The molecule has 2 amide bonds. The number of rotatable bonds is 7. The highest BCUT2D eigenvalue weighted by atomic mass is 32.2. The fourth-order valence-corrected chi connectivity index (χ4v) is 3.98. The molecule has 8 heteroatoms. The summed E-state index contributed by atoms with van der Waals surface area (Å²) in [5.74, 6) is -0.389. The highest BCUT2D eigenvalue weighted by Gasteiger charge is 2.23. The Morgan fingerprint density at radius 2 is 1.65 bits per heavy atom. The summed E-state index contributed by atoms with van der Waals surface area (Å²) in [6.07, 6.45) is 0. The lowest BCUT2D eigenvalue weighted by Gasteiger charge is -2.18. The Hall–Kier alpha value is -3.65.